The van der Waals surface area contributed by atoms with Gasteiger partial charge in [-0.2, -0.15) is 0 Å². The molecule has 2 aromatic rings. The fraction of sp³-hybridized carbons (Fsp3) is 0.464. The van der Waals surface area contributed by atoms with E-state index in [4.69, 9.17) is 4.74 Å². The number of fused-ring (bicyclic) bond motifs is 1. The van der Waals surface area contributed by atoms with E-state index in [2.05, 4.69) is 10.2 Å². The summed E-state index contributed by atoms with van der Waals surface area (Å²) in [6.07, 6.45) is 5.06. The quantitative estimate of drug-likeness (QED) is 0.649. The Hall–Kier alpha value is -3.26. The molecule has 3 heterocycles. The minimum atomic E-state index is -0.616. The average molecular weight is 492 g/mol. The summed E-state index contributed by atoms with van der Waals surface area (Å²) in [6, 6.07) is 12.1. The summed E-state index contributed by atoms with van der Waals surface area (Å²) in [5.41, 5.74) is 2.64. The van der Waals surface area contributed by atoms with Crippen molar-refractivity contribution in [3.8, 4) is 5.75 Å². The first-order valence-corrected chi connectivity index (χ1v) is 12.9. The number of imide groups is 1. The Morgan fingerprint density at radius 1 is 0.944 bits per heavy atom. The van der Waals surface area contributed by atoms with Gasteiger partial charge in [0.15, 0.2) is 0 Å². The molecule has 3 aliphatic heterocycles. The number of amides is 3. The molecule has 0 bridgehead atoms. The number of piperidine rings is 1. The third kappa shape index (κ3) is 4.28. The number of halogens is 1. The summed E-state index contributed by atoms with van der Waals surface area (Å²) in [5, 5.41) is 2.34. The Bertz CT molecular complexity index is 1190. The lowest BCUT2D eigenvalue weighted by atomic mass is 9.84. The van der Waals surface area contributed by atoms with Gasteiger partial charge in [-0.25, -0.2) is 4.39 Å². The Balaban J connectivity index is 1.11. The number of hydrogen-bond acceptors (Lipinski definition) is 5. The van der Waals surface area contributed by atoms with Crippen molar-refractivity contribution in [3.63, 3.8) is 0 Å². The fourth-order valence-corrected chi connectivity index (χ4v) is 6.16. The van der Waals surface area contributed by atoms with Gasteiger partial charge in [0.2, 0.25) is 11.8 Å². The van der Waals surface area contributed by atoms with E-state index in [1.165, 1.54) is 24.1 Å². The molecule has 3 fully saturated rings. The zero-order valence-electron chi connectivity index (χ0n) is 20.1. The van der Waals surface area contributed by atoms with Crippen molar-refractivity contribution in [1.82, 2.24) is 15.1 Å². The summed E-state index contributed by atoms with van der Waals surface area (Å²) < 4.78 is 19.8. The molecule has 0 unspecified atom stereocenters. The van der Waals surface area contributed by atoms with Crippen LogP contribution in [0.4, 0.5) is 4.39 Å². The van der Waals surface area contributed by atoms with Crippen LogP contribution in [0.1, 0.15) is 65.9 Å². The van der Waals surface area contributed by atoms with Crippen LogP contribution in [0.3, 0.4) is 0 Å². The molecule has 6 rings (SSSR count). The number of hydrogen-bond donors (Lipinski definition) is 1. The van der Waals surface area contributed by atoms with Crippen LogP contribution in [0, 0.1) is 5.82 Å². The van der Waals surface area contributed by atoms with Crippen LogP contribution >= 0.6 is 0 Å². The number of likely N-dealkylation sites (tertiary alicyclic amines) is 1. The van der Waals surface area contributed by atoms with Crippen LogP contribution in [-0.4, -0.2) is 58.8 Å². The van der Waals surface area contributed by atoms with E-state index in [-0.39, 0.29) is 30.2 Å². The molecule has 3 atom stereocenters. The fourth-order valence-electron chi connectivity index (χ4n) is 6.16. The van der Waals surface area contributed by atoms with Crippen molar-refractivity contribution in [2.75, 3.05) is 13.1 Å². The van der Waals surface area contributed by atoms with E-state index in [9.17, 15) is 18.8 Å². The normalized spacial score (nSPS) is 27.0. The molecule has 0 aromatic heterocycles. The number of carbonyl (C=O) groups excluding carboxylic acids is 3. The predicted molar refractivity (Wildman–Crippen MR) is 130 cm³/mol. The molecular weight excluding hydrogens is 461 g/mol. The lowest BCUT2D eigenvalue weighted by molar-refractivity contribution is -0.136. The van der Waals surface area contributed by atoms with Gasteiger partial charge in [-0.05, 0) is 67.1 Å². The highest BCUT2D eigenvalue weighted by atomic mass is 19.1. The third-order valence-electron chi connectivity index (χ3n) is 8.17. The Morgan fingerprint density at radius 3 is 2.50 bits per heavy atom. The summed E-state index contributed by atoms with van der Waals surface area (Å²) in [4.78, 5) is 40.8. The van der Waals surface area contributed by atoms with E-state index in [0.717, 1.165) is 43.7 Å². The topological polar surface area (TPSA) is 79.0 Å². The SMILES string of the molecule is O=C1CC[C@H](N2Cc3cc(O[C@@H]4CCCC[C@@H]4N4CC(c5ccc(F)cc5)C4)ccc3C2=O)C(=O)N1. The van der Waals surface area contributed by atoms with Crippen LogP contribution in [0.25, 0.3) is 0 Å². The van der Waals surface area contributed by atoms with E-state index >= 15 is 0 Å². The molecule has 1 saturated carbocycles. The zero-order chi connectivity index (χ0) is 24.8. The van der Waals surface area contributed by atoms with Crippen LogP contribution in [0.2, 0.25) is 0 Å². The summed E-state index contributed by atoms with van der Waals surface area (Å²) in [5.74, 6) is 0.115. The molecular formula is C28H30FN3O4. The van der Waals surface area contributed by atoms with Crippen molar-refractivity contribution in [2.45, 2.75) is 69.2 Å². The highest BCUT2D eigenvalue weighted by Gasteiger charge is 2.41. The van der Waals surface area contributed by atoms with Gasteiger partial charge in [0.05, 0.1) is 0 Å². The molecule has 188 valence electrons. The molecule has 8 heteroatoms. The van der Waals surface area contributed by atoms with Crippen LogP contribution < -0.4 is 10.1 Å². The van der Waals surface area contributed by atoms with E-state index in [1.807, 2.05) is 24.3 Å². The first-order chi connectivity index (χ1) is 17.5. The Kier molecular flexibility index (Phi) is 5.99. The number of benzene rings is 2. The number of nitrogens with one attached hydrogen (secondary N) is 1. The van der Waals surface area contributed by atoms with Crippen molar-refractivity contribution in [2.24, 2.45) is 0 Å². The van der Waals surface area contributed by atoms with Crippen LogP contribution in [0.15, 0.2) is 42.5 Å². The standard InChI is InChI=1S/C28H30FN3O4/c29-20-7-5-17(6-8-20)19-14-31(15-19)23-3-1-2-4-25(23)36-21-9-10-22-18(13-21)16-32(28(22)35)24-11-12-26(33)30-27(24)34/h5-10,13,19,23-25H,1-4,11-12,14-16H2,(H,30,33,34)/t23-,24-,25+/m0/s1. The maximum Gasteiger partial charge on any atom is 0.255 e. The lowest BCUT2D eigenvalue weighted by Gasteiger charge is -2.48. The minimum absolute atomic E-state index is 0.0781. The largest absolute Gasteiger partial charge is 0.489 e. The minimum Gasteiger partial charge on any atom is -0.489 e. The van der Waals surface area contributed by atoms with Crippen LogP contribution in [0.5, 0.6) is 5.75 Å². The van der Waals surface area contributed by atoms with Gasteiger partial charge in [-0.3, -0.25) is 24.6 Å². The zero-order valence-corrected chi connectivity index (χ0v) is 20.1. The summed E-state index contributed by atoms with van der Waals surface area (Å²) in [6.45, 7) is 2.25. The number of ether oxygens (including phenoxy) is 1. The number of nitrogens with zero attached hydrogens (tertiary/aromatic N) is 2. The lowest BCUT2D eigenvalue weighted by Crippen LogP contribution is -2.57. The van der Waals surface area contributed by atoms with Gasteiger partial charge >= 0.3 is 0 Å². The summed E-state index contributed by atoms with van der Waals surface area (Å²) >= 11 is 0. The molecule has 3 amide bonds. The van der Waals surface area contributed by atoms with Gasteiger partial charge in [0.25, 0.3) is 5.91 Å². The smallest absolute Gasteiger partial charge is 0.255 e. The second-order valence-corrected chi connectivity index (χ2v) is 10.4. The van der Waals surface area contributed by atoms with Gasteiger partial charge in [-0.1, -0.05) is 18.6 Å². The molecule has 36 heavy (non-hydrogen) atoms. The maximum absolute atomic E-state index is 13.3. The monoisotopic (exact) mass is 491 g/mol. The first-order valence-electron chi connectivity index (χ1n) is 12.9. The van der Waals surface area contributed by atoms with Crippen molar-refractivity contribution in [1.29, 1.82) is 0 Å². The second kappa shape index (κ2) is 9.32. The van der Waals surface area contributed by atoms with Gasteiger partial charge in [0, 0.05) is 43.6 Å². The molecule has 2 saturated heterocycles. The Morgan fingerprint density at radius 2 is 1.72 bits per heavy atom. The highest BCUT2D eigenvalue weighted by Crippen LogP contribution is 2.36. The van der Waals surface area contributed by atoms with E-state index in [1.54, 1.807) is 11.0 Å². The third-order valence-corrected chi connectivity index (χ3v) is 8.17. The van der Waals surface area contributed by atoms with Gasteiger partial charge in [-0.15, -0.1) is 0 Å². The first kappa shape index (κ1) is 23.2. The van der Waals surface area contributed by atoms with Gasteiger partial charge in [0.1, 0.15) is 23.7 Å². The average Bonchev–Trinajstić information content (AvgIpc) is 3.16. The van der Waals surface area contributed by atoms with E-state index in [0.29, 0.717) is 30.5 Å². The van der Waals surface area contributed by atoms with Crippen LogP contribution in [-0.2, 0) is 16.1 Å². The van der Waals surface area contributed by atoms with Gasteiger partial charge < -0.3 is 9.64 Å². The summed E-state index contributed by atoms with van der Waals surface area (Å²) in [7, 11) is 0. The van der Waals surface area contributed by atoms with Crippen molar-refractivity contribution >= 4 is 17.7 Å². The highest BCUT2D eigenvalue weighted by molar-refractivity contribution is 6.05. The molecule has 0 radical (unpaired) electrons. The second-order valence-electron chi connectivity index (χ2n) is 10.4. The number of rotatable bonds is 5. The molecule has 4 aliphatic rings. The maximum atomic E-state index is 13.3. The van der Waals surface area contributed by atoms with Crippen molar-refractivity contribution < 1.29 is 23.5 Å². The molecule has 2 aromatic carbocycles. The Labute approximate surface area is 209 Å². The molecule has 1 N–H and O–H groups in total. The van der Waals surface area contributed by atoms with Crippen molar-refractivity contribution in [3.05, 3.63) is 65.0 Å². The molecule has 1 aliphatic carbocycles. The molecule has 7 nitrogen and oxygen atoms in total. The number of carbonyl (C=O) groups is 3. The molecule has 0 spiro atoms. The predicted octanol–water partition coefficient (Wildman–Crippen LogP) is 3.38. The van der Waals surface area contributed by atoms with E-state index < -0.39 is 11.9 Å².